The van der Waals surface area contributed by atoms with Gasteiger partial charge in [-0.05, 0) is 38.8 Å². The number of thiazole rings is 1. The van der Waals surface area contributed by atoms with Crippen molar-refractivity contribution in [3.05, 3.63) is 29.4 Å². The van der Waals surface area contributed by atoms with Crippen LogP contribution in [0.2, 0.25) is 0 Å². The highest BCUT2D eigenvalue weighted by Crippen LogP contribution is 2.38. The van der Waals surface area contributed by atoms with Crippen LogP contribution in [0.1, 0.15) is 43.0 Å². The third-order valence-electron chi connectivity index (χ3n) is 4.31. The molecule has 3 heterocycles. The van der Waals surface area contributed by atoms with Crippen molar-refractivity contribution in [2.75, 3.05) is 0 Å². The molecule has 0 amide bonds. The normalized spacial score (nSPS) is 17.0. The summed E-state index contributed by atoms with van der Waals surface area (Å²) in [5.74, 6) is 2.71. The average molecular weight is 330 g/mol. The minimum absolute atomic E-state index is 0.443. The van der Waals surface area contributed by atoms with E-state index in [0.717, 1.165) is 52.8 Å². The maximum Gasteiger partial charge on any atom is 0.270 e. The van der Waals surface area contributed by atoms with Crippen LogP contribution in [-0.4, -0.2) is 15.1 Å². The first-order valence-electron chi connectivity index (χ1n) is 7.73. The van der Waals surface area contributed by atoms with Crippen LogP contribution < -0.4 is 5.73 Å². The molecule has 4 rings (SSSR count). The van der Waals surface area contributed by atoms with E-state index < -0.39 is 5.54 Å². The van der Waals surface area contributed by atoms with Crippen LogP contribution in [0.4, 0.5) is 0 Å². The molecular weight excluding hydrogens is 312 g/mol. The highest BCUT2D eigenvalue weighted by molar-refractivity contribution is 7.18. The summed E-state index contributed by atoms with van der Waals surface area (Å²) >= 11 is 1.49. The fraction of sp³-hybridized carbons (Fsp3) is 0.438. The quantitative estimate of drug-likeness (QED) is 0.785. The number of hydrogen-bond acceptors (Lipinski definition) is 7. The molecule has 1 aliphatic rings. The van der Waals surface area contributed by atoms with Gasteiger partial charge in [-0.3, -0.25) is 0 Å². The molecule has 3 aromatic rings. The summed E-state index contributed by atoms with van der Waals surface area (Å²) in [5.41, 5.74) is 6.81. The first-order chi connectivity index (χ1) is 11.0. The van der Waals surface area contributed by atoms with Gasteiger partial charge in [0.2, 0.25) is 0 Å². The molecule has 23 heavy (non-hydrogen) atoms. The predicted octanol–water partition coefficient (Wildman–Crippen LogP) is 3.80. The van der Waals surface area contributed by atoms with Crippen molar-refractivity contribution in [3.8, 4) is 21.5 Å². The molecule has 0 unspecified atom stereocenters. The van der Waals surface area contributed by atoms with Crippen molar-refractivity contribution in [2.45, 2.75) is 45.1 Å². The van der Waals surface area contributed by atoms with Gasteiger partial charge in [-0.1, -0.05) is 18.0 Å². The Bertz CT molecular complexity index is 842. The van der Waals surface area contributed by atoms with Gasteiger partial charge in [0.1, 0.15) is 10.6 Å². The molecule has 120 valence electrons. The highest BCUT2D eigenvalue weighted by Gasteiger charge is 2.36. The van der Waals surface area contributed by atoms with Gasteiger partial charge in [0.05, 0.1) is 11.2 Å². The van der Waals surface area contributed by atoms with Gasteiger partial charge in [0.15, 0.2) is 16.6 Å². The highest BCUT2D eigenvalue weighted by atomic mass is 32.1. The average Bonchev–Trinajstić information content (AvgIpc) is 3.25. The Hall–Kier alpha value is -1.99. The summed E-state index contributed by atoms with van der Waals surface area (Å²) in [5, 5.41) is 4.93. The lowest BCUT2D eigenvalue weighted by atomic mass is 9.99. The van der Waals surface area contributed by atoms with Crippen LogP contribution in [0.25, 0.3) is 21.5 Å². The van der Waals surface area contributed by atoms with E-state index in [4.69, 9.17) is 14.7 Å². The predicted molar refractivity (Wildman–Crippen MR) is 86.9 cm³/mol. The largest absolute Gasteiger partial charge is 0.459 e. The maximum atomic E-state index is 6.40. The number of aryl methyl sites for hydroxylation is 2. The lowest BCUT2D eigenvalue weighted by Crippen LogP contribution is -2.34. The molecular formula is C16H18N4O2S. The Kier molecular flexibility index (Phi) is 3.35. The van der Waals surface area contributed by atoms with Crippen molar-refractivity contribution in [2.24, 2.45) is 5.73 Å². The number of hydrogen-bond donors (Lipinski definition) is 1. The Morgan fingerprint density at radius 1 is 1.17 bits per heavy atom. The van der Waals surface area contributed by atoms with Crippen LogP contribution in [0.5, 0.6) is 0 Å². The Morgan fingerprint density at radius 2 is 1.96 bits per heavy atom. The summed E-state index contributed by atoms with van der Waals surface area (Å²) in [6, 6.07) is 3.85. The first kappa shape index (κ1) is 14.6. The SMILES string of the molecule is Cc1ccc(-c2nc(C)c(-c3nc(C4(N)CCCC4)no3)s2)o1. The molecule has 7 heteroatoms. The van der Waals surface area contributed by atoms with Gasteiger partial charge in [0, 0.05) is 0 Å². The Morgan fingerprint density at radius 3 is 2.65 bits per heavy atom. The van der Waals surface area contributed by atoms with E-state index >= 15 is 0 Å². The molecule has 0 radical (unpaired) electrons. The molecule has 3 aromatic heterocycles. The zero-order valence-corrected chi connectivity index (χ0v) is 13.9. The van der Waals surface area contributed by atoms with E-state index in [0.29, 0.717) is 11.7 Å². The zero-order valence-electron chi connectivity index (χ0n) is 13.1. The third-order valence-corrected chi connectivity index (χ3v) is 5.47. The van der Waals surface area contributed by atoms with Crippen molar-refractivity contribution in [1.82, 2.24) is 15.1 Å². The third kappa shape index (κ3) is 2.49. The number of rotatable bonds is 3. The van der Waals surface area contributed by atoms with Gasteiger partial charge in [0.25, 0.3) is 5.89 Å². The van der Waals surface area contributed by atoms with E-state index in [2.05, 4.69) is 15.1 Å². The van der Waals surface area contributed by atoms with E-state index in [9.17, 15) is 0 Å². The topological polar surface area (TPSA) is 91.0 Å². The Labute approximate surface area is 137 Å². The minimum atomic E-state index is -0.443. The lowest BCUT2D eigenvalue weighted by molar-refractivity contribution is 0.373. The molecule has 0 spiro atoms. The van der Waals surface area contributed by atoms with Crippen LogP contribution in [0.3, 0.4) is 0 Å². The van der Waals surface area contributed by atoms with E-state index in [1.807, 2.05) is 26.0 Å². The summed E-state index contributed by atoms with van der Waals surface area (Å²) < 4.78 is 11.1. The molecule has 1 fully saturated rings. The Balaban J connectivity index is 1.69. The van der Waals surface area contributed by atoms with E-state index in [-0.39, 0.29) is 0 Å². The summed E-state index contributed by atoms with van der Waals surface area (Å²) in [7, 11) is 0. The van der Waals surface area contributed by atoms with Crippen molar-refractivity contribution >= 4 is 11.3 Å². The standard InChI is InChI=1S/C16H18N4O2S/c1-9-5-6-11(21-9)14-18-10(2)12(23-14)13-19-15(20-22-13)16(17)7-3-4-8-16/h5-6H,3-4,7-8,17H2,1-2H3. The van der Waals surface area contributed by atoms with Crippen molar-refractivity contribution in [3.63, 3.8) is 0 Å². The van der Waals surface area contributed by atoms with Gasteiger partial charge < -0.3 is 14.7 Å². The summed E-state index contributed by atoms with van der Waals surface area (Å²) in [6.07, 6.45) is 4.04. The van der Waals surface area contributed by atoms with Crippen LogP contribution in [0.15, 0.2) is 21.1 Å². The second-order valence-corrected chi connectivity index (χ2v) is 7.13. The van der Waals surface area contributed by atoms with Gasteiger partial charge in [-0.15, -0.1) is 11.3 Å². The van der Waals surface area contributed by atoms with E-state index in [1.54, 1.807) is 0 Å². The second-order valence-electron chi connectivity index (χ2n) is 6.13. The zero-order chi connectivity index (χ0) is 16.0. The fourth-order valence-corrected chi connectivity index (χ4v) is 3.95. The molecule has 0 saturated heterocycles. The molecule has 0 aliphatic heterocycles. The van der Waals surface area contributed by atoms with Crippen molar-refractivity contribution < 1.29 is 8.94 Å². The van der Waals surface area contributed by atoms with E-state index in [1.165, 1.54) is 11.3 Å². The summed E-state index contributed by atoms with van der Waals surface area (Å²) in [6.45, 7) is 3.85. The molecule has 0 bridgehead atoms. The number of furan rings is 1. The molecule has 1 aliphatic carbocycles. The smallest absolute Gasteiger partial charge is 0.270 e. The molecule has 0 atom stereocenters. The van der Waals surface area contributed by atoms with Crippen LogP contribution in [0, 0.1) is 13.8 Å². The summed E-state index contributed by atoms with van der Waals surface area (Å²) in [4.78, 5) is 9.97. The second kappa shape index (κ2) is 5.28. The van der Waals surface area contributed by atoms with Crippen molar-refractivity contribution in [1.29, 1.82) is 0 Å². The number of nitrogens with two attached hydrogens (primary N) is 1. The van der Waals surface area contributed by atoms with Crippen LogP contribution >= 0.6 is 11.3 Å². The molecule has 6 nitrogen and oxygen atoms in total. The van der Waals surface area contributed by atoms with Crippen LogP contribution in [-0.2, 0) is 5.54 Å². The molecule has 0 aromatic carbocycles. The molecule has 2 N–H and O–H groups in total. The van der Waals surface area contributed by atoms with Gasteiger partial charge in [-0.2, -0.15) is 4.98 Å². The first-order valence-corrected chi connectivity index (χ1v) is 8.54. The molecule has 1 saturated carbocycles. The van der Waals surface area contributed by atoms with Gasteiger partial charge >= 0.3 is 0 Å². The lowest BCUT2D eigenvalue weighted by Gasteiger charge is -2.17. The fourth-order valence-electron chi connectivity index (χ4n) is 3.00. The minimum Gasteiger partial charge on any atom is -0.459 e. The monoisotopic (exact) mass is 330 g/mol. The number of aromatic nitrogens is 3. The number of nitrogens with zero attached hydrogens (tertiary/aromatic N) is 3. The van der Waals surface area contributed by atoms with Gasteiger partial charge in [-0.25, -0.2) is 4.98 Å². The maximum absolute atomic E-state index is 6.40.